The molecular weight excluding hydrogens is 256 g/mol. The Kier molecular flexibility index (Phi) is 11.8. The number of hydrogen-bond acceptors (Lipinski definition) is 2. The van der Waals surface area contributed by atoms with Crippen molar-refractivity contribution >= 4 is 6.08 Å². The number of allylic oxidation sites excluding steroid dienone is 1. The number of rotatable bonds is 7. The molecular formula is C19H34N2. The molecule has 0 radical (unpaired) electrons. The summed E-state index contributed by atoms with van der Waals surface area (Å²) in [5.41, 5.74) is 3.19. The van der Waals surface area contributed by atoms with E-state index in [-0.39, 0.29) is 0 Å². The molecule has 0 amide bonds. The van der Waals surface area contributed by atoms with E-state index in [2.05, 4.69) is 37.7 Å². The van der Waals surface area contributed by atoms with E-state index in [0.717, 1.165) is 29.4 Å². The molecule has 0 aliphatic carbocycles. The van der Waals surface area contributed by atoms with Crippen LogP contribution in [0.25, 0.3) is 6.08 Å². The first-order valence-corrected chi connectivity index (χ1v) is 8.50. The number of unbranched alkanes of at least 4 members (excludes halogenated alkanes) is 2. The summed E-state index contributed by atoms with van der Waals surface area (Å²) in [6.45, 7) is 12.9. The van der Waals surface area contributed by atoms with E-state index in [9.17, 15) is 0 Å². The van der Waals surface area contributed by atoms with Gasteiger partial charge in [0.15, 0.2) is 0 Å². The largest absolute Gasteiger partial charge is 0.254 e. The summed E-state index contributed by atoms with van der Waals surface area (Å²) >= 11 is 0. The maximum Gasteiger partial charge on any atom is 0.0841 e. The number of aryl methyl sites for hydroxylation is 2. The van der Waals surface area contributed by atoms with Gasteiger partial charge in [-0.05, 0) is 38.7 Å². The van der Waals surface area contributed by atoms with E-state index in [4.69, 9.17) is 0 Å². The first-order chi connectivity index (χ1) is 10.0. The Hall–Kier alpha value is -1.18. The molecule has 0 atom stereocenters. The molecule has 1 rings (SSSR count). The molecule has 2 nitrogen and oxygen atoms in total. The smallest absolute Gasteiger partial charge is 0.0841 e. The van der Waals surface area contributed by atoms with Crippen LogP contribution in [-0.2, 0) is 6.42 Å². The zero-order valence-corrected chi connectivity index (χ0v) is 14.9. The standard InChI is InChI=1S/C15H24N2.C4H10/c1-5-8-14-15(17-13(4)11-16-14)10-7-6-9-12(2)3;1-3-4-2/h5,8,11-12H,6-7,9-10H2,1-4H3;3-4H2,1-2H3/b8-5-;. The summed E-state index contributed by atoms with van der Waals surface area (Å²) < 4.78 is 0. The number of nitrogens with zero attached hydrogens (tertiary/aromatic N) is 2. The normalized spacial score (nSPS) is 10.8. The minimum atomic E-state index is 0.800. The summed E-state index contributed by atoms with van der Waals surface area (Å²) in [5, 5.41) is 0. The average Bonchev–Trinajstić information content (AvgIpc) is 2.46. The maximum atomic E-state index is 4.59. The molecule has 0 N–H and O–H groups in total. The van der Waals surface area contributed by atoms with Crippen molar-refractivity contribution in [1.29, 1.82) is 0 Å². The predicted molar refractivity (Wildman–Crippen MR) is 94.5 cm³/mol. The van der Waals surface area contributed by atoms with Crippen molar-refractivity contribution in [1.82, 2.24) is 9.97 Å². The van der Waals surface area contributed by atoms with Crippen LogP contribution in [0.1, 0.15) is 83.8 Å². The van der Waals surface area contributed by atoms with Gasteiger partial charge in [-0.25, -0.2) is 0 Å². The molecule has 0 bridgehead atoms. The lowest BCUT2D eigenvalue weighted by molar-refractivity contribution is 0.536. The third kappa shape index (κ3) is 10.2. The first-order valence-electron chi connectivity index (χ1n) is 8.50. The molecule has 1 heterocycles. The highest BCUT2D eigenvalue weighted by atomic mass is 14.8. The van der Waals surface area contributed by atoms with Gasteiger partial charge in [-0.2, -0.15) is 0 Å². The van der Waals surface area contributed by atoms with Gasteiger partial charge in [0.25, 0.3) is 0 Å². The topological polar surface area (TPSA) is 25.8 Å². The Morgan fingerprint density at radius 3 is 2.33 bits per heavy atom. The van der Waals surface area contributed by atoms with Crippen molar-refractivity contribution in [3.63, 3.8) is 0 Å². The van der Waals surface area contributed by atoms with Crippen molar-refractivity contribution in [3.05, 3.63) is 29.4 Å². The van der Waals surface area contributed by atoms with Gasteiger partial charge in [0, 0.05) is 6.20 Å². The molecule has 0 aromatic carbocycles. The van der Waals surface area contributed by atoms with Crippen LogP contribution in [0.4, 0.5) is 0 Å². The SMILES string of the molecule is C/C=C\c1ncc(C)nc1CCCCC(C)C.CCCC. The van der Waals surface area contributed by atoms with Gasteiger partial charge >= 0.3 is 0 Å². The Balaban J connectivity index is 0.000000885. The van der Waals surface area contributed by atoms with Crippen LogP contribution in [0, 0.1) is 12.8 Å². The highest BCUT2D eigenvalue weighted by molar-refractivity contribution is 5.46. The van der Waals surface area contributed by atoms with Gasteiger partial charge in [0.05, 0.1) is 17.1 Å². The van der Waals surface area contributed by atoms with E-state index < -0.39 is 0 Å². The second kappa shape index (κ2) is 12.6. The summed E-state index contributed by atoms with van der Waals surface area (Å²) in [6.07, 6.45) is 13.4. The highest BCUT2D eigenvalue weighted by Gasteiger charge is 2.04. The van der Waals surface area contributed by atoms with Crippen LogP contribution in [0.2, 0.25) is 0 Å². The zero-order valence-electron chi connectivity index (χ0n) is 14.9. The van der Waals surface area contributed by atoms with Crippen molar-refractivity contribution in [2.75, 3.05) is 0 Å². The molecule has 0 aliphatic rings. The van der Waals surface area contributed by atoms with Crippen molar-refractivity contribution in [3.8, 4) is 0 Å². The molecule has 0 unspecified atom stereocenters. The zero-order chi connectivity index (χ0) is 16.1. The van der Waals surface area contributed by atoms with Crippen LogP contribution in [0.15, 0.2) is 12.3 Å². The summed E-state index contributed by atoms with van der Waals surface area (Å²) in [7, 11) is 0. The lowest BCUT2D eigenvalue weighted by atomic mass is 10.0. The average molecular weight is 290 g/mol. The lowest BCUT2D eigenvalue weighted by Crippen LogP contribution is -2.00. The van der Waals surface area contributed by atoms with Gasteiger partial charge in [-0.15, -0.1) is 0 Å². The van der Waals surface area contributed by atoms with Gasteiger partial charge < -0.3 is 0 Å². The summed E-state index contributed by atoms with van der Waals surface area (Å²) in [5.74, 6) is 0.800. The first kappa shape index (κ1) is 19.8. The Labute approximate surface area is 132 Å². The number of hydrogen-bond donors (Lipinski definition) is 0. The van der Waals surface area contributed by atoms with Gasteiger partial charge in [0.1, 0.15) is 0 Å². The molecule has 0 spiro atoms. The number of aromatic nitrogens is 2. The van der Waals surface area contributed by atoms with Gasteiger partial charge in [0.2, 0.25) is 0 Å². The molecule has 1 aromatic heterocycles. The molecule has 0 saturated carbocycles. The Morgan fingerprint density at radius 1 is 1.14 bits per heavy atom. The maximum absolute atomic E-state index is 4.59. The van der Waals surface area contributed by atoms with E-state index in [1.165, 1.54) is 32.1 Å². The van der Waals surface area contributed by atoms with Crippen LogP contribution >= 0.6 is 0 Å². The molecule has 120 valence electrons. The highest BCUT2D eigenvalue weighted by Crippen LogP contribution is 2.13. The van der Waals surface area contributed by atoms with E-state index in [0.29, 0.717) is 0 Å². The van der Waals surface area contributed by atoms with Crippen molar-refractivity contribution in [2.45, 2.75) is 80.1 Å². The van der Waals surface area contributed by atoms with E-state index in [1.807, 2.05) is 32.2 Å². The Bertz CT molecular complexity index is 393. The fourth-order valence-corrected chi connectivity index (χ4v) is 1.86. The van der Waals surface area contributed by atoms with E-state index >= 15 is 0 Å². The monoisotopic (exact) mass is 290 g/mol. The Morgan fingerprint density at radius 2 is 1.81 bits per heavy atom. The summed E-state index contributed by atoms with van der Waals surface area (Å²) in [4.78, 5) is 9.03. The fourth-order valence-electron chi connectivity index (χ4n) is 1.86. The molecule has 0 saturated heterocycles. The van der Waals surface area contributed by atoms with Gasteiger partial charge in [-0.1, -0.05) is 59.5 Å². The van der Waals surface area contributed by atoms with Crippen LogP contribution in [0.5, 0.6) is 0 Å². The fraction of sp³-hybridized carbons (Fsp3) is 0.684. The van der Waals surface area contributed by atoms with Crippen LogP contribution in [0.3, 0.4) is 0 Å². The minimum Gasteiger partial charge on any atom is -0.254 e. The van der Waals surface area contributed by atoms with Crippen LogP contribution < -0.4 is 0 Å². The quantitative estimate of drug-likeness (QED) is 0.576. The minimum absolute atomic E-state index is 0.800. The molecule has 0 fully saturated rings. The predicted octanol–water partition coefficient (Wildman–Crippen LogP) is 5.99. The molecule has 0 aliphatic heterocycles. The van der Waals surface area contributed by atoms with Crippen LogP contribution in [-0.4, -0.2) is 9.97 Å². The van der Waals surface area contributed by atoms with E-state index in [1.54, 1.807) is 0 Å². The molecule has 21 heavy (non-hydrogen) atoms. The third-order valence-electron chi connectivity index (χ3n) is 3.27. The van der Waals surface area contributed by atoms with Gasteiger partial charge in [-0.3, -0.25) is 9.97 Å². The summed E-state index contributed by atoms with van der Waals surface area (Å²) in [6, 6.07) is 0. The lowest BCUT2D eigenvalue weighted by Gasteiger charge is -2.07. The second-order valence-electron chi connectivity index (χ2n) is 5.98. The third-order valence-corrected chi connectivity index (χ3v) is 3.27. The second-order valence-corrected chi connectivity index (χ2v) is 5.98. The molecule has 2 heteroatoms. The van der Waals surface area contributed by atoms with Crippen molar-refractivity contribution in [2.24, 2.45) is 5.92 Å². The molecule has 1 aromatic rings. The van der Waals surface area contributed by atoms with Crippen molar-refractivity contribution < 1.29 is 0 Å².